The van der Waals surface area contributed by atoms with Crippen LogP contribution in [0, 0.1) is 17.3 Å². The number of halogens is 3. The van der Waals surface area contributed by atoms with Crippen molar-refractivity contribution in [3.05, 3.63) is 88.7 Å². The molecule has 0 spiro atoms. The van der Waals surface area contributed by atoms with Crippen molar-refractivity contribution in [2.45, 2.75) is 32.3 Å². The maximum atomic E-state index is 15.6. The summed E-state index contributed by atoms with van der Waals surface area (Å²) in [4.78, 5) is 11.5. The lowest BCUT2D eigenvalue weighted by Gasteiger charge is -2.44. The molecule has 0 aliphatic carbocycles. The van der Waals surface area contributed by atoms with Gasteiger partial charge in [-0.25, -0.2) is 9.97 Å². The molecule has 1 aromatic carbocycles. The fraction of sp³-hybridized carbons (Fsp3) is 0.261. The molecule has 0 fully saturated rings. The average molecular weight is 428 g/mol. The number of rotatable bonds is 3. The van der Waals surface area contributed by atoms with E-state index in [0.717, 1.165) is 5.56 Å². The molecule has 1 N–H and O–H groups in total. The highest BCUT2D eigenvalue weighted by molar-refractivity contribution is 6.30. The summed E-state index contributed by atoms with van der Waals surface area (Å²) in [5.41, 5.74) is -3.27. The highest BCUT2D eigenvalue weighted by atomic mass is 35.5. The Labute approximate surface area is 179 Å². The zero-order valence-corrected chi connectivity index (χ0v) is 17.5. The molecule has 0 amide bonds. The van der Waals surface area contributed by atoms with Gasteiger partial charge in [-0.3, -0.25) is 4.98 Å². The second kappa shape index (κ2) is 8.10. The lowest BCUT2D eigenvalue weighted by molar-refractivity contribution is -0.246. The molecule has 154 valence electrons. The largest absolute Gasteiger partial charge is 0.378 e. The average Bonchev–Trinajstić information content (AvgIpc) is 2.72. The third-order valence-corrected chi connectivity index (χ3v) is 5.05. The molecule has 0 radical (unpaired) electrons. The van der Waals surface area contributed by atoms with Crippen LogP contribution in [0.1, 0.15) is 43.2 Å². The number of hydrogen-bond donors (Lipinski definition) is 1. The van der Waals surface area contributed by atoms with Crippen LogP contribution in [-0.2, 0) is 11.5 Å². The molecule has 2 heterocycles. The number of benzene rings is 1. The van der Waals surface area contributed by atoms with Crippen LogP contribution in [0.3, 0.4) is 0 Å². The van der Waals surface area contributed by atoms with Gasteiger partial charge in [-0.1, -0.05) is 44.2 Å². The Hall–Kier alpha value is -2.88. The lowest BCUT2D eigenvalue weighted by atomic mass is 9.68. The molecule has 1 atom stereocenters. The van der Waals surface area contributed by atoms with E-state index < -0.39 is 22.6 Å². The van der Waals surface area contributed by atoms with Crippen molar-refractivity contribution in [3.63, 3.8) is 0 Å². The fourth-order valence-electron chi connectivity index (χ4n) is 3.09. The lowest BCUT2D eigenvalue weighted by Crippen LogP contribution is -2.53. The fourth-order valence-corrected chi connectivity index (χ4v) is 3.21. The van der Waals surface area contributed by atoms with Gasteiger partial charge >= 0.3 is 5.92 Å². The Bertz CT molecular complexity index is 1070. The van der Waals surface area contributed by atoms with Gasteiger partial charge in [0.15, 0.2) is 5.60 Å². The van der Waals surface area contributed by atoms with Gasteiger partial charge in [0.25, 0.3) is 0 Å². The van der Waals surface area contributed by atoms with E-state index in [2.05, 4.69) is 26.8 Å². The summed E-state index contributed by atoms with van der Waals surface area (Å²) in [6, 6.07) is 9.58. The molecular formula is C23H20ClF2N3O. The smallest absolute Gasteiger partial charge is 0.322 e. The summed E-state index contributed by atoms with van der Waals surface area (Å²) in [6.07, 6.45) is 4.87. The number of aliphatic hydroxyl groups is 1. The molecule has 4 nitrogen and oxygen atoms in total. The molecule has 0 bridgehead atoms. The Morgan fingerprint density at radius 2 is 1.43 bits per heavy atom. The standard InChI is InChI=1S/C23H20ClF2N3O/c1-21(2,3)22(30,18-13-27-15-28-14-18)23(25,26)20-11-8-17(12-29-20)5-4-16-6-9-19(24)10-7-16/h6-15,30H,1-3H3. The molecule has 2 aromatic heterocycles. The molecule has 3 rings (SSSR count). The Balaban J connectivity index is 1.96. The zero-order valence-electron chi connectivity index (χ0n) is 16.7. The summed E-state index contributed by atoms with van der Waals surface area (Å²) in [6.45, 7) is 4.58. The van der Waals surface area contributed by atoms with Crippen LogP contribution in [0.15, 0.2) is 61.3 Å². The summed E-state index contributed by atoms with van der Waals surface area (Å²) in [5.74, 6) is 2.09. The van der Waals surface area contributed by atoms with E-state index in [-0.39, 0.29) is 5.56 Å². The molecule has 0 saturated carbocycles. The van der Waals surface area contributed by atoms with Gasteiger partial charge in [-0.05, 0) is 36.4 Å². The molecule has 1 unspecified atom stereocenters. The molecule has 3 aromatic rings. The van der Waals surface area contributed by atoms with E-state index in [0.29, 0.717) is 10.6 Å². The van der Waals surface area contributed by atoms with Crippen molar-refractivity contribution in [2.75, 3.05) is 0 Å². The van der Waals surface area contributed by atoms with Gasteiger partial charge in [0.1, 0.15) is 12.0 Å². The van der Waals surface area contributed by atoms with Crippen molar-refractivity contribution >= 4 is 11.6 Å². The maximum absolute atomic E-state index is 15.6. The van der Waals surface area contributed by atoms with E-state index in [1.807, 2.05) is 0 Å². The first-order valence-electron chi connectivity index (χ1n) is 9.15. The molecule has 0 aliphatic heterocycles. The summed E-state index contributed by atoms with van der Waals surface area (Å²) in [7, 11) is 0. The van der Waals surface area contributed by atoms with E-state index in [4.69, 9.17) is 11.6 Å². The summed E-state index contributed by atoms with van der Waals surface area (Å²) in [5, 5.41) is 11.8. The second-order valence-corrected chi connectivity index (χ2v) is 8.29. The van der Waals surface area contributed by atoms with E-state index in [9.17, 15) is 5.11 Å². The Morgan fingerprint density at radius 3 is 1.97 bits per heavy atom. The van der Waals surface area contributed by atoms with Crippen LogP contribution >= 0.6 is 11.6 Å². The van der Waals surface area contributed by atoms with Crippen LogP contribution in [0.5, 0.6) is 0 Å². The van der Waals surface area contributed by atoms with Crippen LogP contribution in [0.2, 0.25) is 5.02 Å². The minimum Gasteiger partial charge on any atom is -0.378 e. The minimum atomic E-state index is -3.71. The minimum absolute atomic E-state index is 0.0871. The Kier molecular flexibility index (Phi) is 5.89. The zero-order chi connectivity index (χ0) is 22.0. The number of aromatic nitrogens is 3. The predicted molar refractivity (Wildman–Crippen MR) is 111 cm³/mol. The van der Waals surface area contributed by atoms with Gasteiger partial charge in [0.2, 0.25) is 0 Å². The third-order valence-electron chi connectivity index (χ3n) is 4.80. The van der Waals surface area contributed by atoms with Gasteiger partial charge in [-0.2, -0.15) is 8.78 Å². The predicted octanol–water partition coefficient (Wildman–Crippen LogP) is 4.95. The second-order valence-electron chi connectivity index (χ2n) is 7.85. The van der Waals surface area contributed by atoms with Crippen LogP contribution in [-0.4, -0.2) is 20.1 Å². The maximum Gasteiger partial charge on any atom is 0.322 e. The van der Waals surface area contributed by atoms with Gasteiger partial charge < -0.3 is 5.11 Å². The first-order valence-corrected chi connectivity index (χ1v) is 9.53. The van der Waals surface area contributed by atoms with Crippen LogP contribution in [0.25, 0.3) is 0 Å². The highest BCUT2D eigenvalue weighted by Gasteiger charge is 2.62. The third kappa shape index (κ3) is 4.04. The molecule has 0 aliphatic rings. The number of alkyl halides is 2. The number of nitrogens with zero attached hydrogens (tertiary/aromatic N) is 3. The first-order chi connectivity index (χ1) is 14.1. The SMILES string of the molecule is CC(C)(C)C(O)(c1cncnc1)C(F)(F)c1ccc(C#Cc2ccc(Cl)cc2)cn1. The van der Waals surface area contributed by atoms with Crippen molar-refractivity contribution in [3.8, 4) is 11.8 Å². The van der Waals surface area contributed by atoms with Crippen LogP contribution in [0.4, 0.5) is 8.78 Å². The number of pyridine rings is 1. The normalized spacial score (nSPS) is 13.8. The van der Waals surface area contributed by atoms with Gasteiger partial charge in [-0.15, -0.1) is 0 Å². The first kappa shape index (κ1) is 21.8. The highest BCUT2D eigenvalue weighted by Crippen LogP contribution is 2.53. The molecule has 30 heavy (non-hydrogen) atoms. The van der Waals surface area contributed by atoms with Crippen LogP contribution < -0.4 is 0 Å². The van der Waals surface area contributed by atoms with E-state index in [1.165, 1.54) is 57.8 Å². The van der Waals surface area contributed by atoms with Crippen molar-refractivity contribution in [1.29, 1.82) is 0 Å². The monoisotopic (exact) mass is 427 g/mol. The molecule has 7 heteroatoms. The summed E-state index contributed by atoms with van der Waals surface area (Å²) >= 11 is 5.84. The molecule has 0 saturated heterocycles. The van der Waals surface area contributed by atoms with Gasteiger partial charge in [0, 0.05) is 45.7 Å². The van der Waals surface area contributed by atoms with Crippen molar-refractivity contribution in [1.82, 2.24) is 15.0 Å². The quantitative estimate of drug-likeness (QED) is 0.601. The van der Waals surface area contributed by atoms with Crippen molar-refractivity contribution < 1.29 is 13.9 Å². The Morgan fingerprint density at radius 1 is 0.867 bits per heavy atom. The summed E-state index contributed by atoms with van der Waals surface area (Å²) < 4.78 is 31.2. The number of hydrogen-bond acceptors (Lipinski definition) is 4. The molecular weight excluding hydrogens is 408 g/mol. The topological polar surface area (TPSA) is 58.9 Å². The van der Waals surface area contributed by atoms with Crippen molar-refractivity contribution in [2.24, 2.45) is 5.41 Å². The van der Waals surface area contributed by atoms with E-state index >= 15 is 8.78 Å². The van der Waals surface area contributed by atoms with Gasteiger partial charge in [0.05, 0.1) is 0 Å². The van der Waals surface area contributed by atoms with E-state index in [1.54, 1.807) is 24.3 Å².